The van der Waals surface area contributed by atoms with Crippen LogP contribution in [0.25, 0.3) is 0 Å². The number of hydrogen-bond acceptors (Lipinski definition) is 2. The van der Waals surface area contributed by atoms with Crippen molar-refractivity contribution in [2.75, 3.05) is 6.54 Å². The van der Waals surface area contributed by atoms with E-state index in [2.05, 4.69) is 28.2 Å². The molecule has 1 aromatic heterocycles. The first kappa shape index (κ1) is 16.6. The molecule has 0 aromatic carbocycles. The summed E-state index contributed by atoms with van der Waals surface area (Å²) in [4.78, 5) is 12.4. The van der Waals surface area contributed by atoms with Gasteiger partial charge in [0.25, 0.3) is 5.91 Å². The van der Waals surface area contributed by atoms with E-state index in [1.54, 1.807) is 0 Å². The summed E-state index contributed by atoms with van der Waals surface area (Å²) in [6, 6.07) is 1.84. The molecule has 1 fully saturated rings. The quantitative estimate of drug-likeness (QED) is 0.793. The minimum atomic E-state index is -0.731. The highest BCUT2D eigenvalue weighted by Gasteiger charge is 2.28. The predicted octanol–water partition coefficient (Wildman–Crippen LogP) is 3.48. The zero-order chi connectivity index (χ0) is 15.3. The van der Waals surface area contributed by atoms with E-state index < -0.39 is 5.60 Å². The molecule has 0 atom stereocenters. The lowest BCUT2D eigenvalue weighted by molar-refractivity contribution is 0.0245. The van der Waals surface area contributed by atoms with E-state index in [1.165, 1.54) is 12.8 Å². The molecule has 0 spiro atoms. The third-order valence-corrected chi connectivity index (χ3v) is 4.61. The Morgan fingerprint density at radius 1 is 1.38 bits per heavy atom. The average Bonchev–Trinajstić information content (AvgIpc) is 2.68. The highest BCUT2D eigenvalue weighted by atomic mass is 79.9. The van der Waals surface area contributed by atoms with Crippen molar-refractivity contribution in [3.8, 4) is 0 Å². The number of rotatable bonds is 5. The van der Waals surface area contributed by atoms with Crippen LogP contribution >= 0.6 is 15.9 Å². The van der Waals surface area contributed by atoms with Crippen molar-refractivity contribution in [3.05, 3.63) is 22.4 Å². The first-order valence-electron chi connectivity index (χ1n) is 7.90. The van der Waals surface area contributed by atoms with Gasteiger partial charge in [0.05, 0.1) is 5.60 Å². The summed E-state index contributed by atoms with van der Waals surface area (Å²) in [6.45, 7) is 3.25. The zero-order valence-corrected chi connectivity index (χ0v) is 14.3. The van der Waals surface area contributed by atoms with Crippen molar-refractivity contribution in [1.29, 1.82) is 0 Å². The molecule has 1 aromatic rings. The Hall–Kier alpha value is -0.810. The van der Waals surface area contributed by atoms with Crippen molar-refractivity contribution >= 4 is 21.8 Å². The molecule has 0 radical (unpaired) electrons. The highest BCUT2D eigenvalue weighted by Crippen LogP contribution is 2.26. The van der Waals surface area contributed by atoms with Gasteiger partial charge in [-0.05, 0) is 41.3 Å². The first-order valence-corrected chi connectivity index (χ1v) is 8.70. The molecule has 0 bridgehead atoms. The van der Waals surface area contributed by atoms with Gasteiger partial charge in [0, 0.05) is 23.8 Å². The number of hydrogen-bond donors (Lipinski definition) is 2. The summed E-state index contributed by atoms with van der Waals surface area (Å²) >= 11 is 3.42. The molecule has 2 rings (SSSR count). The van der Waals surface area contributed by atoms with Crippen LogP contribution in [0.3, 0.4) is 0 Å². The predicted molar refractivity (Wildman–Crippen MR) is 87.4 cm³/mol. The van der Waals surface area contributed by atoms with Gasteiger partial charge < -0.3 is 15.0 Å². The minimum absolute atomic E-state index is 0.105. The lowest BCUT2D eigenvalue weighted by Crippen LogP contribution is -2.43. The van der Waals surface area contributed by atoms with Gasteiger partial charge in [-0.25, -0.2) is 0 Å². The first-order chi connectivity index (χ1) is 10.0. The van der Waals surface area contributed by atoms with Crippen molar-refractivity contribution < 1.29 is 9.90 Å². The SMILES string of the molecule is CCCn1cc(Br)cc1C(=O)NCC1(O)CCCCCC1. The Kier molecular flexibility index (Phi) is 5.88. The molecule has 1 aliphatic rings. The van der Waals surface area contributed by atoms with E-state index in [-0.39, 0.29) is 5.91 Å². The summed E-state index contributed by atoms with van der Waals surface area (Å²) in [6.07, 6.45) is 8.93. The molecule has 1 heterocycles. The summed E-state index contributed by atoms with van der Waals surface area (Å²) in [7, 11) is 0. The van der Waals surface area contributed by atoms with E-state index in [4.69, 9.17) is 0 Å². The summed E-state index contributed by atoms with van der Waals surface area (Å²) in [5, 5.41) is 13.5. The maximum Gasteiger partial charge on any atom is 0.268 e. The van der Waals surface area contributed by atoms with Crippen LogP contribution in [-0.2, 0) is 6.54 Å². The van der Waals surface area contributed by atoms with Crippen LogP contribution < -0.4 is 5.32 Å². The van der Waals surface area contributed by atoms with Crippen molar-refractivity contribution in [2.24, 2.45) is 0 Å². The van der Waals surface area contributed by atoms with Crippen molar-refractivity contribution in [2.45, 2.75) is 64.0 Å². The van der Waals surface area contributed by atoms with Crippen LogP contribution in [0, 0.1) is 0 Å². The zero-order valence-electron chi connectivity index (χ0n) is 12.7. The third kappa shape index (κ3) is 4.58. The Balaban J connectivity index is 1.97. The molecule has 1 saturated carbocycles. The molecule has 4 nitrogen and oxygen atoms in total. The Morgan fingerprint density at radius 2 is 2.05 bits per heavy atom. The standard InChI is InChI=1S/C16H25BrN2O2/c1-2-9-19-11-13(17)10-14(19)15(20)18-12-16(21)7-5-3-4-6-8-16/h10-11,21H,2-9,12H2,1H3,(H,18,20). The molecular formula is C16H25BrN2O2. The monoisotopic (exact) mass is 356 g/mol. The Labute approximate surface area is 135 Å². The van der Waals surface area contributed by atoms with Crippen LogP contribution in [0.4, 0.5) is 0 Å². The van der Waals surface area contributed by atoms with Gasteiger partial charge in [0.1, 0.15) is 5.69 Å². The second-order valence-electron chi connectivity index (χ2n) is 6.06. The topological polar surface area (TPSA) is 54.3 Å². The van der Waals surface area contributed by atoms with E-state index in [1.807, 2.05) is 16.8 Å². The number of aromatic nitrogens is 1. The molecule has 1 aliphatic carbocycles. The number of nitrogens with zero attached hydrogens (tertiary/aromatic N) is 1. The molecule has 2 N–H and O–H groups in total. The van der Waals surface area contributed by atoms with Crippen molar-refractivity contribution in [1.82, 2.24) is 9.88 Å². The van der Waals surface area contributed by atoms with Crippen LogP contribution in [0.2, 0.25) is 0 Å². The molecule has 118 valence electrons. The molecule has 1 amide bonds. The normalized spacial score (nSPS) is 18.2. The van der Waals surface area contributed by atoms with E-state index >= 15 is 0 Å². The molecular weight excluding hydrogens is 332 g/mol. The van der Waals surface area contributed by atoms with E-state index in [0.717, 1.165) is 43.1 Å². The van der Waals surface area contributed by atoms with E-state index in [9.17, 15) is 9.90 Å². The minimum Gasteiger partial charge on any atom is -0.388 e. The van der Waals surface area contributed by atoms with Crippen LogP contribution in [0.5, 0.6) is 0 Å². The van der Waals surface area contributed by atoms with Gasteiger partial charge in [-0.3, -0.25) is 4.79 Å². The number of aliphatic hydroxyl groups is 1. The van der Waals surface area contributed by atoms with Crippen LogP contribution in [0.15, 0.2) is 16.7 Å². The van der Waals surface area contributed by atoms with Gasteiger partial charge in [-0.2, -0.15) is 0 Å². The third-order valence-electron chi connectivity index (χ3n) is 4.17. The molecule has 5 heteroatoms. The fraction of sp³-hybridized carbons (Fsp3) is 0.688. The van der Waals surface area contributed by atoms with Crippen LogP contribution in [-0.4, -0.2) is 27.7 Å². The van der Waals surface area contributed by atoms with Gasteiger partial charge in [0.15, 0.2) is 0 Å². The fourth-order valence-corrected chi connectivity index (χ4v) is 3.45. The van der Waals surface area contributed by atoms with Gasteiger partial charge in [-0.15, -0.1) is 0 Å². The largest absolute Gasteiger partial charge is 0.388 e. The Bertz CT molecular complexity index is 477. The maximum absolute atomic E-state index is 12.4. The second-order valence-corrected chi connectivity index (χ2v) is 6.97. The molecule has 0 aliphatic heterocycles. The number of carbonyl (C=O) groups excluding carboxylic acids is 1. The van der Waals surface area contributed by atoms with E-state index in [0.29, 0.717) is 12.2 Å². The van der Waals surface area contributed by atoms with Crippen LogP contribution in [0.1, 0.15) is 62.4 Å². The Morgan fingerprint density at radius 3 is 2.67 bits per heavy atom. The number of halogens is 1. The summed E-state index contributed by atoms with van der Waals surface area (Å²) in [5.41, 5.74) is -0.0769. The lowest BCUT2D eigenvalue weighted by Gasteiger charge is -2.26. The second kappa shape index (κ2) is 7.45. The number of nitrogens with one attached hydrogen (secondary N) is 1. The smallest absolute Gasteiger partial charge is 0.268 e. The van der Waals surface area contributed by atoms with Crippen molar-refractivity contribution in [3.63, 3.8) is 0 Å². The van der Waals surface area contributed by atoms with Gasteiger partial charge in [-0.1, -0.05) is 32.6 Å². The molecule has 0 saturated heterocycles. The highest BCUT2D eigenvalue weighted by molar-refractivity contribution is 9.10. The number of amides is 1. The number of carbonyl (C=O) groups is 1. The summed E-state index contributed by atoms with van der Waals surface area (Å²) in [5.74, 6) is -0.105. The fourth-order valence-electron chi connectivity index (χ4n) is 2.99. The summed E-state index contributed by atoms with van der Waals surface area (Å²) < 4.78 is 2.87. The molecule has 0 unspecified atom stereocenters. The lowest BCUT2D eigenvalue weighted by atomic mass is 9.94. The number of aryl methyl sites for hydroxylation is 1. The van der Waals surface area contributed by atoms with Gasteiger partial charge in [0.2, 0.25) is 0 Å². The maximum atomic E-state index is 12.4. The molecule has 21 heavy (non-hydrogen) atoms. The average molecular weight is 357 g/mol. The van der Waals surface area contributed by atoms with Gasteiger partial charge >= 0.3 is 0 Å².